The molecule has 0 aromatic carbocycles. The summed E-state index contributed by atoms with van der Waals surface area (Å²) in [5.74, 6) is -0.277. The molecule has 0 aliphatic carbocycles. The van der Waals surface area contributed by atoms with Crippen LogP contribution >= 0.6 is 0 Å². The first-order chi connectivity index (χ1) is 5.73. The SMILES string of the molecule is CO[Si](C)(OC)C1OCCCO1. The van der Waals surface area contributed by atoms with Gasteiger partial charge in [0.15, 0.2) is 5.91 Å². The molecule has 0 spiro atoms. The molecule has 1 aliphatic rings. The Hall–Kier alpha value is 0.0569. The van der Waals surface area contributed by atoms with Gasteiger partial charge in [-0.1, -0.05) is 0 Å². The lowest BCUT2D eigenvalue weighted by Gasteiger charge is -2.33. The van der Waals surface area contributed by atoms with Crippen LogP contribution in [0.5, 0.6) is 0 Å². The summed E-state index contributed by atoms with van der Waals surface area (Å²) in [5.41, 5.74) is 0. The topological polar surface area (TPSA) is 36.9 Å². The summed E-state index contributed by atoms with van der Waals surface area (Å²) in [6.07, 6.45) is 0.953. The molecule has 72 valence electrons. The highest BCUT2D eigenvalue weighted by molar-refractivity contribution is 6.66. The molecule has 0 saturated carbocycles. The van der Waals surface area contributed by atoms with Gasteiger partial charge >= 0.3 is 8.56 Å². The van der Waals surface area contributed by atoms with E-state index in [1.54, 1.807) is 14.2 Å². The van der Waals surface area contributed by atoms with E-state index in [4.69, 9.17) is 18.3 Å². The summed E-state index contributed by atoms with van der Waals surface area (Å²) in [4.78, 5) is 0. The molecular formula is C7H16O4Si. The Morgan fingerprint density at radius 1 is 1.17 bits per heavy atom. The minimum Gasteiger partial charge on any atom is -0.395 e. The molecule has 0 aromatic heterocycles. The number of hydrogen-bond donors (Lipinski definition) is 0. The van der Waals surface area contributed by atoms with E-state index in [1.807, 2.05) is 6.55 Å². The molecule has 4 nitrogen and oxygen atoms in total. The smallest absolute Gasteiger partial charge is 0.392 e. The van der Waals surface area contributed by atoms with Gasteiger partial charge in [-0.25, -0.2) is 0 Å². The lowest BCUT2D eigenvalue weighted by atomic mass is 10.5. The van der Waals surface area contributed by atoms with Crippen molar-refractivity contribution in [3.05, 3.63) is 0 Å². The zero-order valence-corrected chi connectivity index (χ0v) is 8.83. The minimum absolute atomic E-state index is 0.277. The summed E-state index contributed by atoms with van der Waals surface area (Å²) in [6, 6.07) is 0. The molecule has 12 heavy (non-hydrogen) atoms. The summed E-state index contributed by atoms with van der Waals surface area (Å²) < 4.78 is 21.4. The van der Waals surface area contributed by atoms with E-state index in [-0.39, 0.29) is 5.91 Å². The largest absolute Gasteiger partial charge is 0.395 e. The standard InChI is InChI=1S/C7H16O4Si/c1-8-12(3,9-2)7-10-5-4-6-11-7/h7H,4-6H2,1-3H3. The molecule has 0 radical (unpaired) electrons. The first-order valence-corrected chi connectivity index (χ1v) is 6.46. The summed E-state index contributed by atoms with van der Waals surface area (Å²) in [7, 11) is 1.03. The fourth-order valence-corrected chi connectivity index (χ4v) is 2.46. The van der Waals surface area contributed by atoms with Crippen LogP contribution in [0.3, 0.4) is 0 Å². The first-order valence-electron chi connectivity index (χ1n) is 4.06. The number of rotatable bonds is 3. The van der Waals surface area contributed by atoms with Gasteiger partial charge in [0.25, 0.3) is 0 Å². The van der Waals surface area contributed by atoms with E-state index in [1.165, 1.54) is 0 Å². The molecule has 0 N–H and O–H groups in total. The molecule has 1 fully saturated rings. The fourth-order valence-electron chi connectivity index (χ4n) is 1.07. The third-order valence-electron chi connectivity index (χ3n) is 2.07. The van der Waals surface area contributed by atoms with Gasteiger partial charge in [0.05, 0.1) is 13.2 Å². The van der Waals surface area contributed by atoms with Crippen LogP contribution in [-0.2, 0) is 18.3 Å². The second-order valence-corrected chi connectivity index (χ2v) is 6.17. The van der Waals surface area contributed by atoms with Crippen molar-refractivity contribution in [2.75, 3.05) is 27.4 Å². The Morgan fingerprint density at radius 2 is 1.67 bits per heavy atom. The predicted molar refractivity (Wildman–Crippen MR) is 45.9 cm³/mol. The maximum absolute atomic E-state index is 5.41. The van der Waals surface area contributed by atoms with Crippen LogP contribution < -0.4 is 0 Å². The van der Waals surface area contributed by atoms with E-state index in [9.17, 15) is 0 Å². The van der Waals surface area contributed by atoms with Gasteiger partial charge in [0.2, 0.25) is 0 Å². The molecule has 0 atom stereocenters. The zero-order valence-electron chi connectivity index (χ0n) is 7.83. The van der Waals surface area contributed by atoms with Gasteiger partial charge in [-0.3, -0.25) is 0 Å². The first kappa shape index (κ1) is 10.1. The van der Waals surface area contributed by atoms with E-state index in [2.05, 4.69) is 0 Å². The molecule has 1 rings (SSSR count). The number of ether oxygens (including phenoxy) is 2. The van der Waals surface area contributed by atoms with Crippen LogP contribution in [-0.4, -0.2) is 41.9 Å². The van der Waals surface area contributed by atoms with Crippen molar-refractivity contribution >= 4 is 8.56 Å². The van der Waals surface area contributed by atoms with E-state index < -0.39 is 8.56 Å². The average Bonchev–Trinajstić information content (AvgIpc) is 2.18. The van der Waals surface area contributed by atoms with Crippen LogP contribution in [0, 0.1) is 0 Å². The average molecular weight is 192 g/mol. The van der Waals surface area contributed by atoms with Crippen LogP contribution in [0.2, 0.25) is 6.55 Å². The third kappa shape index (κ3) is 2.05. The highest BCUT2D eigenvalue weighted by atomic mass is 28.4. The predicted octanol–water partition coefficient (Wildman–Crippen LogP) is 0.653. The van der Waals surface area contributed by atoms with E-state index >= 15 is 0 Å². The summed E-state index contributed by atoms with van der Waals surface area (Å²) >= 11 is 0. The maximum Gasteiger partial charge on any atom is 0.392 e. The van der Waals surface area contributed by atoms with Crippen LogP contribution in [0.25, 0.3) is 0 Å². The van der Waals surface area contributed by atoms with Gasteiger partial charge in [0, 0.05) is 14.2 Å². The quantitative estimate of drug-likeness (QED) is 0.615. The van der Waals surface area contributed by atoms with Crippen molar-refractivity contribution in [1.29, 1.82) is 0 Å². The molecule has 1 heterocycles. The monoisotopic (exact) mass is 192 g/mol. The molecule has 5 heteroatoms. The Kier molecular flexibility index (Phi) is 3.67. The molecule has 1 aliphatic heterocycles. The van der Waals surface area contributed by atoms with Crippen molar-refractivity contribution in [3.63, 3.8) is 0 Å². The van der Waals surface area contributed by atoms with E-state index in [0.717, 1.165) is 19.6 Å². The van der Waals surface area contributed by atoms with Crippen molar-refractivity contribution in [2.24, 2.45) is 0 Å². The highest BCUT2D eigenvalue weighted by Gasteiger charge is 2.43. The normalized spacial score (nSPS) is 21.2. The zero-order chi connectivity index (χ0) is 9.03. The minimum atomic E-state index is -2.24. The van der Waals surface area contributed by atoms with Crippen molar-refractivity contribution < 1.29 is 18.3 Å². The Balaban J connectivity index is 2.51. The van der Waals surface area contributed by atoms with Crippen LogP contribution in [0.1, 0.15) is 6.42 Å². The highest BCUT2D eigenvalue weighted by Crippen LogP contribution is 2.18. The lowest BCUT2D eigenvalue weighted by molar-refractivity contribution is -0.153. The second kappa shape index (κ2) is 4.34. The molecule has 0 bridgehead atoms. The molecule has 0 amide bonds. The molecular weight excluding hydrogens is 176 g/mol. The van der Waals surface area contributed by atoms with Crippen molar-refractivity contribution in [2.45, 2.75) is 18.9 Å². The second-order valence-electron chi connectivity index (χ2n) is 2.85. The summed E-state index contributed by atoms with van der Waals surface area (Å²) in [5, 5.41) is 0. The fraction of sp³-hybridized carbons (Fsp3) is 1.00. The Labute approximate surface area is 74.0 Å². The van der Waals surface area contributed by atoms with Gasteiger partial charge in [-0.15, -0.1) is 0 Å². The molecule has 0 aromatic rings. The van der Waals surface area contributed by atoms with Gasteiger partial charge < -0.3 is 18.3 Å². The van der Waals surface area contributed by atoms with Crippen LogP contribution in [0.4, 0.5) is 0 Å². The Bertz CT molecular complexity index is 131. The van der Waals surface area contributed by atoms with Crippen molar-refractivity contribution in [3.8, 4) is 0 Å². The molecule has 1 saturated heterocycles. The van der Waals surface area contributed by atoms with Gasteiger partial charge in [-0.05, 0) is 13.0 Å². The van der Waals surface area contributed by atoms with Gasteiger partial charge in [-0.2, -0.15) is 0 Å². The van der Waals surface area contributed by atoms with Crippen molar-refractivity contribution in [1.82, 2.24) is 0 Å². The van der Waals surface area contributed by atoms with Gasteiger partial charge in [0.1, 0.15) is 0 Å². The molecule has 0 unspecified atom stereocenters. The van der Waals surface area contributed by atoms with Crippen LogP contribution in [0.15, 0.2) is 0 Å². The van der Waals surface area contributed by atoms with E-state index in [0.29, 0.717) is 0 Å². The lowest BCUT2D eigenvalue weighted by Crippen LogP contribution is -2.53. The maximum atomic E-state index is 5.41. The summed E-state index contributed by atoms with van der Waals surface area (Å²) in [6.45, 7) is 3.41. The third-order valence-corrected chi connectivity index (χ3v) is 4.88. The Morgan fingerprint density at radius 3 is 2.08 bits per heavy atom. The number of hydrogen-bond acceptors (Lipinski definition) is 4.